The summed E-state index contributed by atoms with van der Waals surface area (Å²) in [6.45, 7) is 6.93. The third-order valence-electron chi connectivity index (χ3n) is 2.89. The largest absolute Gasteiger partial charge is 0.356 e. The van der Waals surface area contributed by atoms with E-state index in [0.29, 0.717) is 0 Å². The summed E-state index contributed by atoms with van der Waals surface area (Å²) in [6, 6.07) is 4.23. The van der Waals surface area contributed by atoms with E-state index >= 15 is 0 Å². The Morgan fingerprint density at radius 1 is 1.43 bits per heavy atom. The van der Waals surface area contributed by atoms with Gasteiger partial charge in [0.05, 0.1) is 0 Å². The van der Waals surface area contributed by atoms with Crippen LogP contribution in [0.5, 0.6) is 0 Å². The van der Waals surface area contributed by atoms with Gasteiger partial charge in [-0.25, -0.2) is 4.98 Å². The fraction of sp³-hybridized carbons (Fsp3) is 0.545. The van der Waals surface area contributed by atoms with E-state index in [9.17, 15) is 0 Å². The van der Waals surface area contributed by atoms with E-state index in [2.05, 4.69) is 58.5 Å². The van der Waals surface area contributed by atoms with Crippen molar-refractivity contribution < 1.29 is 0 Å². The van der Waals surface area contributed by atoms with E-state index in [1.807, 2.05) is 6.20 Å². The lowest BCUT2D eigenvalue weighted by Crippen LogP contribution is -2.49. The van der Waals surface area contributed by atoms with Gasteiger partial charge in [0, 0.05) is 22.9 Å². The molecule has 0 amide bonds. The molecule has 1 fully saturated rings. The third-order valence-corrected chi connectivity index (χ3v) is 3.53. The Kier molecular flexibility index (Phi) is 2.95. The van der Waals surface area contributed by atoms with Gasteiger partial charge in [-0.1, -0.05) is 13.8 Å². The highest BCUT2D eigenvalue weighted by Gasteiger charge is 2.29. The highest BCUT2D eigenvalue weighted by Crippen LogP contribution is 2.27. The van der Waals surface area contributed by atoms with Crippen LogP contribution >= 0.6 is 22.6 Å². The van der Waals surface area contributed by atoms with Gasteiger partial charge < -0.3 is 4.90 Å². The molecular formula is C11H15IN2. The van der Waals surface area contributed by atoms with Crippen LogP contribution in [0.1, 0.15) is 13.8 Å². The van der Waals surface area contributed by atoms with Crippen molar-refractivity contribution in [1.82, 2.24) is 4.98 Å². The third kappa shape index (κ3) is 2.02. The molecule has 0 unspecified atom stereocenters. The van der Waals surface area contributed by atoms with Crippen LogP contribution in [0.3, 0.4) is 0 Å². The number of anilines is 1. The van der Waals surface area contributed by atoms with Gasteiger partial charge in [-0.3, -0.25) is 0 Å². The molecular weight excluding hydrogens is 287 g/mol. The zero-order valence-corrected chi connectivity index (χ0v) is 10.7. The number of nitrogens with zero attached hydrogens (tertiary/aromatic N) is 2. The first-order chi connectivity index (χ1) is 6.66. The molecule has 1 aromatic rings. The molecule has 1 aliphatic heterocycles. The highest BCUT2D eigenvalue weighted by atomic mass is 127. The minimum atomic E-state index is 0.801. The Balaban J connectivity index is 1.96. The lowest BCUT2D eigenvalue weighted by Gasteiger charge is -2.42. The normalized spacial score (nSPS) is 17.3. The molecule has 1 aromatic heterocycles. The number of halogens is 1. The molecule has 14 heavy (non-hydrogen) atoms. The maximum Gasteiger partial charge on any atom is 0.128 e. The van der Waals surface area contributed by atoms with Crippen LogP contribution in [-0.4, -0.2) is 18.1 Å². The van der Waals surface area contributed by atoms with Crippen LogP contribution in [0.15, 0.2) is 18.3 Å². The van der Waals surface area contributed by atoms with Crippen molar-refractivity contribution in [2.75, 3.05) is 18.0 Å². The SMILES string of the molecule is CC(C)C1CN(c2ccc(I)cn2)C1. The van der Waals surface area contributed by atoms with E-state index in [-0.39, 0.29) is 0 Å². The quantitative estimate of drug-likeness (QED) is 0.781. The van der Waals surface area contributed by atoms with Crippen LogP contribution in [0.4, 0.5) is 5.82 Å². The minimum absolute atomic E-state index is 0.801. The number of rotatable bonds is 2. The Hall–Kier alpha value is -0.320. The number of pyridine rings is 1. The van der Waals surface area contributed by atoms with Gasteiger partial charge in [0.25, 0.3) is 0 Å². The summed E-state index contributed by atoms with van der Waals surface area (Å²) in [5.74, 6) is 2.79. The van der Waals surface area contributed by atoms with Crippen molar-refractivity contribution >= 4 is 28.4 Å². The van der Waals surface area contributed by atoms with Crippen molar-refractivity contribution in [3.63, 3.8) is 0 Å². The van der Waals surface area contributed by atoms with E-state index in [1.54, 1.807) is 0 Å². The second-order valence-electron chi connectivity index (χ2n) is 4.24. The minimum Gasteiger partial charge on any atom is -0.356 e. The van der Waals surface area contributed by atoms with Crippen molar-refractivity contribution in [3.05, 3.63) is 21.9 Å². The standard InChI is InChI=1S/C11H15IN2/c1-8(2)9-6-14(7-9)11-4-3-10(12)5-13-11/h3-5,8-9H,6-7H2,1-2H3. The highest BCUT2D eigenvalue weighted by molar-refractivity contribution is 14.1. The molecule has 2 rings (SSSR count). The van der Waals surface area contributed by atoms with E-state index in [1.165, 1.54) is 16.7 Å². The Labute approximate surface area is 98.9 Å². The molecule has 0 spiro atoms. The van der Waals surface area contributed by atoms with Gasteiger partial charge >= 0.3 is 0 Å². The smallest absolute Gasteiger partial charge is 0.128 e. The monoisotopic (exact) mass is 302 g/mol. The molecule has 0 aliphatic carbocycles. The fourth-order valence-electron chi connectivity index (χ4n) is 1.68. The summed E-state index contributed by atoms with van der Waals surface area (Å²) < 4.78 is 1.20. The molecule has 1 saturated heterocycles. The lowest BCUT2D eigenvalue weighted by atomic mass is 9.88. The van der Waals surface area contributed by atoms with Gasteiger partial charge in [-0.05, 0) is 46.6 Å². The average Bonchev–Trinajstić information content (AvgIpc) is 2.05. The Bertz CT molecular complexity index is 302. The van der Waals surface area contributed by atoms with Crippen molar-refractivity contribution in [1.29, 1.82) is 0 Å². The molecule has 0 aromatic carbocycles. The van der Waals surface area contributed by atoms with Crippen LogP contribution in [-0.2, 0) is 0 Å². The first-order valence-corrected chi connectivity index (χ1v) is 6.11. The van der Waals surface area contributed by atoms with Crippen molar-refractivity contribution in [2.24, 2.45) is 11.8 Å². The summed E-state index contributed by atoms with van der Waals surface area (Å²) in [6.07, 6.45) is 1.93. The summed E-state index contributed by atoms with van der Waals surface area (Å²) >= 11 is 2.28. The topological polar surface area (TPSA) is 16.1 Å². The number of hydrogen-bond donors (Lipinski definition) is 0. The molecule has 2 heterocycles. The van der Waals surface area contributed by atoms with Crippen molar-refractivity contribution in [2.45, 2.75) is 13.8 Å². The predicted molar refractivity (Wildman–Crippen MR) is 67.5 cm³/mol. The summed E-state index contributed by atoms with van der Waals surface area (Å²) in [7, 11) is 0. The Morgan fingerprint density at radius 3 is 2.64 bits per heavy atom. The summed E-state index contributed by atoms with van der Waals surface area (Å²) in [5, 5.41) is 0. The molecule has 3 heteroatoms. The fourth-order valence-corrected chi connectivity index (χ4v) is 2.00. The molecule has 2 nitrogen and oxygen atoms in total. The average molecular weight is 302 g/mol. The number of hydrogen-bond acceptors (Lipinski definition) is 2. The predicted octanol–water partition coefficient (Wildman–Crippen LogP) is 2.78. The van der Waals surface area contributed by atoms with E-state index in [0.717, 1.165) is 17.7 Å². The second-order valence-corrected chi connectivity index (χ2v) is 5.49. The van der Waals surface area contributed by atoms with Crippen LogP contribution in [0.25, 0.3) is 0 Å². The molecule has 0 radical (unpaired) electrons. The van der Waals surface area contributed by atoms with E-state index in [4.69, 9.17) is 0 Å². The molecule has 1 aliphatic rings. The molecule has 0 atom stereocenters. The van der Waals surface area contributed by atoms with Crippen molar-refractivity contribution in [3.8, 4) is 0 Å². The first-order valence-electron chi connectivity index (χ1n) is 5.03. The first kappa shape index (κ1) is 10.2. The molecule has 0 bridgehead atoms. The maximum atomic E-state index is 4.41. The van der Waals surface area contributed by atoms with Gasteiger partial charge in [-0.15, -0.1) is 0 Å². The lowest BCUT2D eigenvalue weighted by molar-refractivity contribution is 0.308. The summed E-state index contributed by atoms with van der Waals surface area (Å²) in [5.41, 5.74) is 0. The molecule has 0 N–H and O–H groups in total. The number of aromatic nitrogens is 1. The van der Waals surface area contributed by atoms with Gasteiger partial charge in [-0.2, -0.15) is 0 Å². The van der Waals surface area contributed by atoms with E-state index < -0.39 is 0 Å². The summed E-state index contributed by atoms with van der Waals surface area (Å²) in [4.78, 5) is 6.76. The van der Waals surface area contributed by atoms with Gasteiger partial charge in [0.2, 0.25) is 0 Å². The Morgan fingerprint density at radius 2 is 2.14 bits per heavy atom. The van der Waals surface area contributed by atoms with Crippen LogP contribution in [0, 0.1) is 15.4 Å². The van der Waals surface area contributed by atoms with Crippen LogP contribution in [0.2, 0.25) is 0 Å². The molecule has 76 valence electrons. The second kappa shape index (κ2) is 4.04. The maximum absolute atomic E-state index is 4.41. The zero-order chi connectivity index (χ0) is 10.1. The van der Waals surface area contributed by atoms with Crippen LogP contribution < -0.4 is 4.90 Å². The van der Waals surface area contributed by atoms with Gasteiger partial charge in [0.15, 0.2) is 0 Å². The molecule has 0 saturated carbocycles. The zero-order valence-electron chi connectivity index (χ0n) is 8.57. The van der Waals surface area contributed by atoms with Gasteiger partial charge in [0.1, 0.15) is 5.82 Å².